The van der Waals surface area contributed by atoms with Gasteiger partial charge in [0.05, 0.1) is 17.1 Å². The van der Waals surface area contributed by atoms with Crippen molar-refractivity contribution in [3.05, 3.63) is 93.4 Å². The van der Waals surface area contributed by atoms with Crippen LogP contribution in [0.15, 0.2) is 64.4 Å². The molecule has 0 bridgehead atoms. The van der Waals surface area contributed by atoms with E-state index in [4.69, 9.17) is 0 Å². The van der Waals surface area contributed by atoms with Gasteiger partial charge < -0.3 is 15.6 Å². The maximum absolute atomic E-state index is 14.5. The van der Waals surface area contributed by atoms with Crippen molar-refractivity contribution in [3.63, 3.8) is 0 Å². The van der Waals surface area contributed by atoms with Gasteiger partial charge in [-0.05, 0) is 13.0 Å². The number of hydrogen-bond donors (Lipinski definition) is 3. The van der Waals surface area contributed by atoms with Crippen molar-refractivity contribution in [3.8, 4) is 0 Å². The maximum Gasteiger partial charge on any atom is 0.286 e. The third-order valence-electron chi connectivity index (χ3n) is 4.54. The fourth-order valence-corrected chi connectivity index (χ4v) is 3.12. The third kappa shape index (κ3) is 3.40. The van der Waals surface area contributed by atoms with E-state index in [-0.39, 0.29) is 5.69 Å². The number of pyridine rings is 1. The first-order valence-electron chi connectivity index (χ1n) is 8.83. The Kier molecular flexibility index (Phi) is 4.67. The number of nitrogens with one attached hydrogen (secondary N) is 3. The summed E-state index contributed by atoms with van der Waals surface area (Å²) in [6.07, 6.45) is -1.36. The summed E-state index contributed by atoms with van der Waals surface area (Å²) < 4.78 is 28.7. The zero-order chi connectivity index (χ0) is 20.5. The SMILES string of the molecule is Cc1[nH]c(=O)c(F)c(NC2N=C(c3ccccc3)c3ccccc3NC2=O)c1F. The normalized spacial score (nSPS) is 15.8. The minimum absolute atomic E-state index is 0.150. The summed E-state index contributed by atoms with van der Waals surface area (Å²) in [6.45, 7) is 1.29. The van der Waals surface area contributed by atoms with E-state index >= 15 is 0 Å². The minimum Gasteiger partial charge on any atom is -0.351 e. The molecular weight excluding hydrogens is 378 g/mol. The monoisotopic (exact) mass is 394 g/mol. The first-order valence-corrected chi connectivity index (χ1v) is 8.83. The number of benzene rings is 2. The molecule has 8 heteroatoms. The number of anilines is 2. The van der Waals surface area contributed by atoms with Gasteiger partial charge in [-0.25, -0.2) is 9.38 Å². The number of fused-ring (bicyclic) bond motifs is 1. The summed E-state index contributed by atoms with van der Waals surface area (Å²) in [7, 11) is 0. The molecule has 3 N–H and O–H groups in total. The number of amides is 1. The van der Waals surface area contributed by atoms with Crippen LogP contribution in [0.4, 0.5) is 20.2 Å². The van der Waals surface area contributed by atoms with Crippen LogP contribution < -0.4 is 16.2 Å². The van der Waals surface area contributed by atoms with E-state index in [1.54, 1.807) is 24.3 Å². The molecule has 3 aromatic rings. The Hall–Kier alpha value is -3.81. The van der Waals surface area contributed by atoms with Gasteiger partial charge in [0.15, 0.2) is 12.0 Å². The van der Waals surface area contributed by atoms with Crippen LogP contribution in [0.1, 0.15) is 16.8 Å². The van der Waals surface area contributed by atoms with E-state index in [1.165, 1.54) is 6.92 Å². The Balaban J connectivity index is 1.85. The lowest BCUT2D eigenvalue weighted by Crippen LogP contribution is -2.34. The summed E-state index contributed by atoms with van der Waals surface area (Å²) in [6, 6.07) is 16.2. The van der Waals surface area contributed by atoms with Gasteiger partial charge in [0.1, 0.15) is 5.69 Å². The Morgan fingerprint density at radius 2 is 1.66 bits per heavy atom. The highest BCUT2D eigenvalue weighted by Crippen LogP contribution is 2.26. The number of carbonyl (C=O) groups is 1. The van der Waals surface area contributed by atoms with Crippen molar-refractivity contribution in [2.45, 2.75) is 13.1 Å². The fourth-order valence-electron chi connectivity index (χ4n) is 3.12. The zero-order valence-electron chi connectivity index (χ0n) is 15.3. The quantitative estimate of drug-likeness (QED) is 0.638. The average molecular weight is 394 g/mol. The molecule has 2 aromatic carbocycles. The molecule has 1 aliphatic rings. The van der Waals surface area contributed by atoms with Gasteiger partial charge in [0, 0.05) is 11.1 Å². The number of para-hydroxylation sites is 1. The molecule has 146 valence electrons. The molecule has 1 atom stereocenters. The largest absolute Gasteiger partial charge is 0.351 e. The first kappa shape index (κ1) is 18.5. The van der Waals surface area contributed by atoms with Crippen molar-refractivity contribution >= 4 is 23.0 Å². The molecule has 2 heterocycles. The highest BCUT2D eigenvalue weighted by Gasteiger charge is 2.28. The second-order valence-corrected chi connectivity index (χ2v) is 6.51. The van der Waals surface area contributed by atoms with Crippen LogP contribution >= 0.6 is 0 Å². The first-order chi connectivity index (χ1) is 14.0. The number of aliphatic imine (C=N–C) groups is 1. The number of rotatable bonds is 3. The molecule has 29 heavy (non-hydrogen) atoms. The molecule has 0 fully saturated rings. The lowest BCUT2D eigenvalue weighted by molar-refractivity contribution is -0.116. The third-order valence-corrected chi connectivity index (χ3v) is 4.54. The lowest BCUT2D eigenvalue weighted by atomic mass is 10.0. The van der Waals surface area contributed by atoms with Crippen LogP contribution in [-0.4, -0.2) is 22.8 Å². The Labute approximate surface area is 164 Å². The molecule has 1 aromatic heterocycles. The van der Waals surface area contributed by atoms with Crippen LogP contribution in [0, 0.1) is 18.6 Å². The molecule has 4 rings (SSSR count). The molecule has 0 aliphatic carbocycles. The Morgan fingerprint density at radius 1 is 0.966 bits per heavy atom. The van der Waals surface area contributed by atoms with Gasteiger partial charge in [0.2, 0.25) is 5.82 Å². The Bertz CT molecular complexity index is 1190. The van der Waals surface area contributed by atoms with Crippen LogP contribution in [0.3, 0.4) is 0 Å². The lowest BCUT2D eigenvalue weighted by Gasteiger charge is -2.16. The van der Waals surface area contributed by atoms with E-state index < -0.39 is 35.0 Å². The molecule has 0 radical (unpaired) electrons. The standard InChI is InChI=1S/C21H16F2N4O2/c1-11-15(22)18(16(23)20(28)24-11)27-19-21(29)25-14-10-6-5-9-13(14)17(26-19)12-7-3-2-4-8-12/h2-10,19H,1H3,(H,25,29)(H2,24,27,28). The molecule has 1 aliphatic heterocycles. The highest BCUT2D eigenvalue weighted by atomic mass is 19.1. The van der Waals surface area contributed by atoms with Crippen LogP contribution in [-0.2, 0) is 4.79 Å². The van der Waals surface area contributed by atoms with Gasteiger partial charge in [-0.3, -0.25) is 9.59 Å². The van der Waals surface area contributed by atoms with Gasteiger partial charge in [0.25, 0.3) is 11.5 Å². The summed E-state index contributed by atoms with van der Waals surface area (Å²) >= 11 is 0. The topological polar surface area (TPSA) is 86.3 Å². The Morgan fingerprint density at radius 3 is 2.41 bits per heavy atom. The second kappa shape index (κ2) is 7.31. The molecule has 0 spiro atoms. The fraction of sp³-hybridized carbons (Fsp3) is 0.0952. The smallest absolute Gasteiger partial charge is 0.286 e. The van der Waals surface area contributed by atoms with E-state index in [2.05, 4.69) is 20.6 Å². The van der Waals surface area contributed by atoms with Crippen LogP contribution in [0.2, 0.25) is 0 Å². The number of carbonyl (C=O) groups excluding carboxylic acids is 1. The highest BCUT2D eigenvalue weighted by molar-refractivity contribution is 6.19. The van der Waals surface area contributed by atoms with Crippen molar-refractivity contribution in [1.82, 2.24) is 4.98 Å². The predicted molar refractivity (Wildman–Crippen MR) is 106 cm³/mol. The zero-order valence-corrected chi connectivity index (χ0v) is 15.3. The van der Waals surface area contributed by atoms with E-state index in [0.29, 0.717) is 17.0 Å². The van der Waals surface area contributed by atoms with Gasteiger partial charge >= 0.3 is 0 Å². The molecule has 0 saturated carbocycles. The average Bonchev–Trinajstić information content (AvgIpc) is 2.86. The number of aromatic amines is 1. The van der Waals surface area contributed by atoms with E-state index in [1.807, 2.05) is 30.3 Å². The minimum atomic E-state index is -1.36. The number of aromatic nitrogens is 1. The van der Waals surface area contributed by atoms with Crippen LogP contribution in [0.25, 0.3) is 0 Å². The molecule has 0 saturated heterocycles. The number of halogens is 2. The van der Waals surface area contributed by atoms with Gasteiger partial charge in [-0.2, -0.15) is 4.39 Å². The van der Waals surface area contributed by atoms with Crippen molar-refractivity contribution in [2.75, 3.05) is 10.6 Å². The number of aryl methyl sites for hydroxylation is 1. The number of nitrogens with zero attached hydrogens (tertiary/aromatic N) is 1. The molecule has 1 unspecified atom stereocenters. The summed E-state index contributed by atoms with van der Waals surface area (Å²) in [5.41, 5.74) is 0.450. The van der Waals surface area contributed by atoms with Crippen molar-refractivity contribution < 1.29 is 13.6 Å². The van der Waals surface area contributed by atoms with E-state index in [9.17, 15) is 18.4 Å². The molecular formula is C21H16F2N4O2. The van der Waals surface area contributed by atoms with Gasteiger partial charge in [-0.1, -0.05) is 48.5 Å². The summed E-state index contributed by atoms with van der Waals surface area (Å²) in [5.74, 6) is -2.95. The molecule has 1 amide bonds. The van der Waals surface area contributed by atoms with Crippen molar-refractivity contribution in [2.24, 2.45) is 4.99 Å². The molecule has 6 nitrogen and oxygen atoms in total. The van der Waals surface area contributed by atoms with E-state index in [0.717, 1.165) is 5.56 Å². The predicted octanol–water partition coefficient (Wildman–Crippen LogP) is 3.19. The summed E-state index contributed by atoms with van der Waals surface area (Å²) in [4.78, 5) is 31.0. The van der Waals surface area contributed by atoms with Gasteiger partial charge in [-0.15, -0.1) is 0 Å². The van der Waals surface area contributed by atoms with Crippen LogP contribution in [0.5, 0.6) is 0 Å². The second-order valence-electron chi connectivity index (χ2n) is 6.51. The maximum atomic E-state index is 14.5. The summed E-state index contributed by atoms with van der Waals surface area (Å²) in [5, 5.41) is 5.17. The number of H-pyrrole nitrogens is 1. The number of benzodiazepines with no additional fused rings is 1. The van der Waals surface area contributed by atoms with Crippen molar-refractivity contribution in [1.29, 1.82) is 0 Å². The number of hydrogen-bond acceptors (Lipinski definition) is 4.